The Morgan fingerprint density at radius 3 is 2.62 bits per heavy atom. The molecule has 2 aromatic rings. The summed E-state index contributed by atoms with van der Waals surface area (Å²) >= 11 is 15.1. The van der Waals surface area contributed by atoms with Crippen LogP contribution in [0.5, 0.6) is 5.75 Å². The first-order valence-corrected chi connectivity index (χ1v) is 8.61. The van der Waals surface area contributed by atoms with Crippen LogP contribution in [0.4, 0.5) is 0 Å². The maximum Gasteiger partial charge on any atom is 0.241 e. The van der Waals surface area contributed by atoms with Gasteiger partial charge >= 0.3 is 0 Å². The van der Waals surface area contributed by atoms with Gasteiger partial charge in [-0.1, -0.05) is 39.1 Å². The number of aromatic nitrogens is 1. The molecule has 0 aliphatic rings. The minimum Gasteiger partial charge on any atom is -0.486 e. The molecule has 2 rings (SSSR count). The topological polar surface area (TPSA) is 82.3 Å². The minimum atomic E-state index is -3.98. The predicted octanol–water partition coefficient (Wildman–Crippen LogP) is 3.38. The summed E-state index contributed by atoms with van der Waals surface area (Å²) in [6.45, 7) is 0.0330. The van der Waals surface area contributed by atoms with E-state index >= 15 is 0 Å². The number of ether oxygens (including phenoxy) is 1. The Morgan fingerprint density at radius 2 is 2.00 bits per heavy atom. The highest BCUT2D eigenvalue weighted by Gasteiger charge is 2.20. The van der Waals surface area contributed by atoms with Gasteiger partial charge in [-0.25, -0.2) is 13.6 Å². The molecule has 1 aromatic heterocycles. The second-order valence-electron chi connectivity index (χ2n) is 4.02. The zero-order valence-electron chi connectivity index (χ0n) is 10.4. The van der Waals surface area contributed by atoms with Gasteiger partial charge in [0.15, 0.2) is 5.75 Å². The maximum atomic E-state index is 11.6. The Hall–Kier alpha value is -0.860. The van der Waals surface area contributed by atoms with Gasteiger partial charge in [-0.2, -0.15) is 0 Å². The summed E-state index contributed by atoms with van der Waals surface area (Å²) in [4.78, 5) is 3.65. The zero-order chi connectivity index (χ0) is 15.6. The van der Waals surface area contributed by atoms with Crippen molar-refractivity contribution in [2.24, 2.45) is 5.14 Å². The van der Waals surface area contributed by atoms with E-state index < -0.39 is 10.0 Å². The van der Waals surface area contributed by atoms with E-state index in [0.29, 0.717) is 15.1 Å². The SMILES string of the molecule is NS(=O)(=O)c1cc(Br)cc(Cl)c1OCc1ccncc1Cl. The van der Waals surface area contributed by atoms with Crippen LogP contribution >= 0.6 is 39.1 Å². The van der Waals surface area contributed by atoms with Crippen LogP contribution in [-0.2, 0) is 16.6 Å². The first-order chi connectivity index (χ1) is 9.79. The van der Waals surface area contributed by atoms with Gasteiger partial charge in [0.05, 0.1) is 10.0 Å². The highest BCUT2D eigenvalue weighted by Crippen LogP contribution is 2.35. The number of benzene rings is 1. The fourth-order valence-electron chi connectivity index (χ4n) is 1.56. The van der Waals surface area contributed by atoms with Gasteiger partial charge in [0.25, 0.3) is 0 Å². The maximum absolute atomic E-state index is 11.6. The number of sulfonamides is 1. The molecule has 0 atom stereocenters. The quantitative estimate of drug-likeness (QED) is 0.835. The average molecular weight is 412 g/mol. The second kappa shape index (κ2) is 6.50. The third-order valence-electron chi connectivity index (χ3n) is 2.51. The molecule has 0 aliphatic heterocycles. The van der Waals surface area contributed by atoms with Gasteiger partial charge < -0.3 is 4.74 Å². The van der Waals surface area contributed by atoms with Crippen molar-refractivity contribution >= 4 is 49.2 Å². The number of pyridine rings is 1. The smallest absolute Gasteiger partial charge is 0.241 e. The first-order valence-electron chi connectivity index (χ1n) is 5.52. The van der Waals surface area contributed by atoms with Crippen LogP contribution in [-0.4, -0.2) is 13.4 Å². The number of nitrogens with two attached hydrogens (primary N) is 1. The molecule has 21 heavy (non-hydrogen) atoms. The Kier molecular flexibility index (Phi) is 5.11. The molecule has 0 bridgehead atoms. The van der Waals surface area contributed by atoms with Gasteiger partial charge in [-0.15, -0.1) is 0 Å². The fraction of sp³-hybridized carbons (Fsp3) is 0.0833. The van der Waals surface area contributed by atoms with Crippen molar-refractivity contribution in [1.82, 2.24) is 4.98 Å². The molecule has 5 nitrogen and oxygen atoms in total. The average Bonchev–Trinajstić information content (AvgIpc) is 2.37. The highest BCUT2D eigenvalue weighted by atomic mass is 79.9. The highest BCUT2D eigenvalue weighted by molar-refractivity contribution is 9.10. The summed E-state index contributed by atoms with van der Waals surface area (Å²) in [5.74, 6) is -0.0183. The first kappa shape index (κ1) is 16.5. The molecule has 0 saturated heterocycles. The summed E-state index contributed by atoms with van der Waals surface area (Å²) in [6, 6.07) is 4.50. The van der Waals surface area contributed by atoms with Crippen LogP contribution in [0.3, 0.4) is 0 Å². The molecule has 1 heterocycles. The van der Waals surface area contributed by atoms with Crippen LogP contribution in [0, 0.1) is 0 Å². The second-order valence-corrected chi connectivity index (χ2v) is 7.28. The van der Waals surface area contributed by atoms with E-state index in [9.17, 15) is 8.42 Å². The van der Waals surface area contributed by atoms with Crippen LogP contribution < -0.4 is 9.88 Å². The van der Waals surface area contributed by atoms with Gasteiger partial charge in [0.2, 0.25) is 10.0 Å². The third-order valence-corrected chi connectivity index (χ3v) is 4.50. The largest absolute Gasteiger partial charge is 0.486 e. The van der Waals surface area contributed by atoms with Crippen molar-refractivity contribution in [2.45, 2.75) is 11.5 Å². The summed E-state index contributed by atoms with van der Waals surface area (Å²) in [7, 11) is -3.98. The predicted molar refractivity (Wildman–Crippen MR) is 84.1 cm³/mol. The fourth-order valence-corrected chi connectivity index (χ4v) is 3.52. The van der Waals surface area contributed by atoms with Gasteiger partial charge in [-0.05, 0) is 18.2 Å². The van der Waals surface area contributed by atoms with Crippen molar-refractivity contribution in [1.29, 1.82) is 0 Å². The summed E-state index contributed by atoms with van der Waals surface area (Å²) in [6.07, 6.45) is 3.01. The van der Waals surface area contributed by atoms with E-state index in [2.05, 4.69) is 20.9 Å². The summed E-state index contributed by atoms with van der Waals surface area (Å²) in [5.41, 5.74) is 0.644. The molecule has 0 unspecified atom stereocenters. The molecule has 2 N–H and O–H groups in total. The van der Waals surface area contributed by atoms with E-state index in [0.717, 1.165) is 0 Å². The van der Waals surface area contributed by atoms with Crippen molar-refractivity contribution in [3.8, 4) is 5.75 Å². The van der Waals surface area contributed by atoms with Crippen molar-refractivity contribution < 1.29 is 13.2 Å². The normalized spacial score (nSPS) is 11.4. The molecule has 0 amide bonds. The Bertz CT molecular complexity index is 784. The Labute approximate surface area is 140 Å². The molecular formula is C12H9BrCl2N2O3S. The van der Waals surface area contributed by atoms with Gasteiger partial charge in [0, 0.05) is 22.4 Å². The minimum absolute atomic E-state index is 0.0183. The standard InChI is InChI=1S/C12H9BrCl2N2O3S/c13-8-3-9(14)12(11(4-8)21(16,18)19)20-6-7-1-2-17-5-10(7)15/h1-5H,6H2,(H2,16,18,19). The van der Waals surface area contributed by atoms with Crippen molar-refractivity contribution in [3.63, 3.8) is 0 Å². The summed E-state index contributed by atoms with van der Waals surface area (Å²) < 4.78 is 29.2. The molecule has 0 radical (unpaired) electrons. The molecule has 9 heteroatoms. The number of primary sulfonamides is 1. The van der Waals surface area contributed by atoms with Gasteiger partial charge in [0.1, 0.15) is 11.5 Å². The molecule has 0 spiro atoms. The Morgan fingerprint density at radius 1 is 1.29 bits per heavy atom. The van der Waals surface area contributed by atoms with Crippen LogP contribution in [0.2, 0.25) is 10.0 Å². The lowest BCUT2D eigenvalue weighted by Crippen LogP contribution is -2.14. The molecule has 1 aromatic carbocycles. The van der Waals surface area contributed by atoms with Crippen LogP contribution in [0.1, 0.15) is 5.56 Å². The Balaban J connectivity index is 2.39. The van der Waals surface area contributed by atoms with Crippen LogP contribution in [0.25, 0.3) is 0 Å². The summed E-state index contributed by atoms with van der Waals surface area (Å²) in [5, 5.41) is 5.70. The molecular weight excluding hydrogens is 403 g/mol. The number of nitrogens with zero attached hydrogens (tertiary/aromatic N) is 1. The zero-order valence-corrected chi connectivity index (χ0v) is 14.3. The van der Waals surface area contributed by atoms with Gasteiger partial charge in [-0.3, -0.25) is 4.98 Å². The third kappa shape index (κ3) is 4.08. The number of rotatable bonds is 4. The number of hydrogen-bond donors (Lipinski definition) is 1. The molecule has 0 fully saturated rings. The van der Waals surface area contributed by atoms with E-state index in [1.165, 1.54) is 18.3 Å². The molecule has 0 saturated carbocycles. The lowest BCUT2D eigenvalue weighted by molar-refractivity contribution is 0.298. The monoisotopic (exact) mass is 410 g/mol. The van der Waals surface area contributed by atoms with E-state index in [-0.39, 0.29) is 22.3 Å². The van der Waals surface area contributed by atoms with E-state index in [4.69, 9.17) is 33.1 Å². The number of halogens is 3. The van der Waals surface area contributed by atoms with Crippen LogP contribution in [0.15, 0.2) is 40.0 Å². The molecule has 0 aliphatic carbocycles. The molecule has 112 valence electrons. The lowest BCUT2D eigenvalue weighted by atomic mass is 10.3. The lowest BCUT2D eigenvalue weighted by Gasteiger charge is -2.13. The van der Waals surface area contributed by atoms with E-state index in [1.54, 1.807) is 12.3 Å². The van der Waals surface area contributed by atoms with Crippen molar-refractivity contribution in [2.75, 3.05) is 0 Å². The van der Waals surface area contributed by atoms with E-state index in [1.807, 2.05) is 0 Å². The van der Waals surface area contributed by atoms with Crippen molar-refractivity contribution in [3.05, 3.63) is 50.7 Å². The number of hydrogen-bond acceptors (Lipinski definition) is 4.